The van der Waals surface area contributed by atoms with Crippen molar-refractivity contribution in [2.75, 3.05) is 48.6 Å². The van der Waals surface area contributed by atoms with Crippen molar-refractivity contribution in [3.63, 3.8) is 0 Å². The third-order valence-corrected chi connectivity index (χ3v) is 7.99. The molecule has 192 valence electrons. The van der Waals surface area contributed by atoms with E-state index < -0.39 is 15.8 Å². The van der Waals surface area contributed by atoms with Gasteiger partial charge in [0.25, 0.3) is 0 Å². The van der Waals surface area contributed by atoms with Crippen LogP contribution in [0.25, 0.3) is 0 Å². The quantitative estimate of drug-likeness (QED) is 0.512. The van der Waals surface area contributed by atoms with Gasteiger partial charge in [-0.25, -0.2) is 12.8 Å². The third-order valence-electron chi connectivity index (χ3n) is 6.07. The Balaban J connectivity index is 1.68. The minimum absolute atomic E-state index is 0.0784. The zero-order chi connectivity index (χ0) is 25.8. The summed E-state index contributed by atoms with van der Waals surface area (Å²) in [6, 6.07) is 6.96. The lowest BCUT2D eigenvalue weighted by Crippen LogP contribution is -2.43. The second-order valence-corrected chi connectivity index (χ2v) is 10.1. The Morgan fingerprint density at radius 1 is 0.971 bits per heavy atom. The van der Waals surface area contributed by atoms with Crippen LogP contribution in [0.4, 0.5) is 4.39 Å². The highest BCUT2D eigenvalue weighted by molar-refractivity contribution is 7.89. The van der Waals surface area contributed by atoms with Gasteiger partial charge in [-0.3, -0.25) is 4.79 Å². The largest absolute Gasteiger partial charge is 0.495 e. The molecule has 9 nitrogen and oxygen atoms in total. The molecule has 11 heteroatoms. The molecule has 3 rings (SSSR count). The van der Waals surface area contributed by atoms with Crippen LogP contribution in [0.2, 0.25) is 0 Å². The molecule has 0 aromatic heterocycles. The highest BCUT2D eigenvalue weighted by Gasteiger charge is 2.35. The average Bonchev–Trinajstić information content (AvgIpc) is 2.87. The Morgan fingerprint density at radius 3 is 2.06 bits per heavy atom. The molecule has 1 amide bonds. The van der Waals surface area contributed by atoms with Gasteiger partial charge in [0.1, 0.15) is 16.5 Å². The third kappa shape index (κ3) is 5.62. The first-order valence-corrected chi connectivity index (χ1v) is 12.5. The minimum Gasteiger partial charge on any atom is -0.495 e. The maximum absolute atomic E-state index is 13.7. The predicted octanol–water partition coefficient (Wildman–Crippen LogP) is 2.92. The van der Waals surface area contributed by atoms with E-state index in [9.17, 15) is 17.6 Å². The van der Waals surface area contributed by atoms with Crippen LogP contribution in [-0.2, 0) is 21.4 Å². The number of piperidine rings is 1. The van der Waals surface area contributed by atoms with Crippen LogP contribution < -0.4 is 18.9 Å². The van der Waals surface area contributed by atoms with Crippen molar-refractivity contribution in [1.29, 1.82) is 0 Å². The Bertz CT molecular complexity index is 1140. The van der Waals surface area contributed by atoms with E-state index in [4.69, 9.17) is 18.9 Å². The lowest BCUT2D eigenvalue weighted by atomic mass is 9.96. The summed E-state index contributed by atoms with van der Waals surface area (Å²) in [4.78, 5) is 14.5. The molecule has 0 unspecified atom stereocenters. The molecular weight excluding hydrogens is 479 g/mol. The summed E-state index contributed by atoms with van der Waals surface area (Å²) in [5.74, 6) is 0.457. The maximum Gasteiger partial charge on any atom is 0.246 e. The lowest BCUT2D eigenvalue weighted by Gasteiger charge is -2.32. The van der Waals surface area contributed by atoms with Crippen LogP contribution in [0.5, 0.6) is 23.0 Å². The number of halogens is 1. The van der Waals surface area contributed by atoms with E-state index in [1.54, 1.807) is 24.1 Å². The van der Waals surface area contributed by atoms with Crippen molar-refractivity contribution < 1.29 is 36.6 Å². The summed E-state index contributed by atoms with van der Waals surface area (Å²) in [6.07, 6.45) is 0.713. The number of methoxy groups -OCH3 is 4. The number of benzene rings is 2. The summed E-state index contributed by atoms with van der Waals surface area (Å²) in [7, 11) is 3.64. The van der Waals surface area contributed by atoms with E-state index in [-0.39, 0.29) is 35.6 Å². The monoisotopic (exact) mass is 510 g/mol. The smallest absolute Gasteiger partial charge is 0.246 e. The van der Waals surface area contributed by atoms with E-state index in [2.05, 4.69) is 0 Å². The Labute approximate surface area is 205 Å². The molecule has 1 aliphatic rings. The minimum atomic E-state index is -3.96. The summed E-state index contributed by atoms with van der Waals surface area (Å²) in [5, 5.41) is 0. The van der Waals surface area contributed by atoms with Crippen LogP contribution in [-0.4, -0.2) is 72.1 Å². The van der Waals surface area contributed by atoms with Crippen LogP contribution >= 0.6 is 0 Å². The molecule has 1 heterocycles. The normalized spacial score (nSPS) is 14.9. The van der Waals surface area contributed by atoms with Gasteiger partial charge in [-0.1, -0.05) is 0 Å². The Morgan fingerprint density at radius 2 is 1.54 bits per heavy atom. The SMILES string of the molecule is COc1ccc(F)cc1S(=O)(=O)N1CCC(C(=O)N(C)Cc2cc(OC)c(OC)c(OC)c2)CC1. The molecule has 35 heavy (non-hydrogen) atoms. The molecule has 0 bridgehead atoms. The van der Waals surface area contributed by atoms with Crippen molar-refractivity contribution in [2.45, 2.75) is 24.3 Å². The van der Waals surface area contributed by atoms with E-state index >= 15 is 0 Å². The number of nitrogens with zero attached hydrogens (tertiary/aromatic N) is 2. The maximum atomic E-state index is 13.7. The van der Waals surface area contributed by atoms with Crippen molar-refractivity contribution in [3.05, 3.63) is 41.7 Å². The average molecular weight is 511 g/mol. The topological polar surface area (TPSA) is 94.6 Å². The Hall–Kier alpha value is -3.05. The first kappa shape index (κ1) is 26.6. The zero-order valence-electron chi connectivity index (χ0n) is 20.5. The molecule has 1 aliphatic heterocycles. The van der Waals surface area contributed by atoms with Crippen LogP contribution in [0, 0.1) is 11.7 Å². The number of hydrogen-bond acceptors (Lipinski definition) is 7. The molecule has 0 radical (unpaired) electrons. The highest BCUT2D eigenvalue weighted by atomic mass is 32.2. The van der Waals surface area contributed by atoms with E-state index in [0.29, 0.717) is 36.6 Å². The van der Waals surface area contributed by atoms with Crippen LogP contribution in [0.3, 0.4) is 0 Å². The van der Waals surface area contributed by atoms with Gasteiger partial charge in [-0.15, -0.1) is 0 Å². The fourth-order valence-corrected chi connectivity index (χ4v) is 5.86. The second kappa shape index (κ2) is 11.1. The van der Waals surface area contributed by atoms with Crippen LogP contribution in [0.15, 0.2) is 35.2 Å². The predicted molar refractivity (Wildman–Crippen MR) is 127 cm³/mol. The van der Waals surface area contributed by atoms with Gasteiger partial charge >= 0.3 is 0 Å². The van der Waals surface area contributed by atoms with Crippen molar-refractivity contribution in [3.8, 4) is 23.0 Å². The molecule has 0 atom stereocenters. The van der Waals surface area contributed by atoms with Crippen LogP contribution in [0.1, 0.15) is 18.4 Å². The second-order valence-electron chi connectivity index (χ2n) is 8.20. The standard InChI is InChI=1S/C24H31FN2O7S/c1-26(15-16-12-20(32-3)23(34-5)21(13-16)33-4)24(28)17-8-10-27(11-9-17)35(29,30)22-14-18(25)6-7-19(22)31-2/h6-7,12-14,17H,8-11,15H2,1-5H3. The van der Waals surface area contributed by atoms with Gasteiger partial charge in [-0.05, 0) is 48.7 Å². The number of sulfonamides is 1. The zero-order valence-corrected chi connectivity index (χ0v) is 21.4. The first-order chi connectivity index (χ1) is 16.7. The summed E-state index contributed by atoms with van der Waals surface area (Å²) in [6.45, 7) is 0.613. The van der Waals surface area contributed by atoms with E-state index in [1.165, 1.54) is 38.8 Å². The van der Waals surface area contributed by atoms with Gasteiger partial charge in [0.05, 0.1) is 28.4 Å². The van der Waals surface area contributed by atoms with Gasteiger partial charge in [0.15, 0.2) is 11.5 Å². The number of hydrogen-bond donors (Lipinski definition) is 0. The van der Waals surface area contributed by atoms with Gasteiger partial charge < -0.3 is 23.8 Å². The molecule has 2 aromatic carbocycles. The number of ether oxygens (including phenoxy) is 4. The molecular formula is C24H31FN2O7S. The molecule has 0 saturated carbocycles. The molecule has 1 saturated heterocycles. The highest BCUT2D eigenvalue weighted by Crippen LogP contribution is 2.38. The van der Waals surface area contributed by atoms with E-state index in [1.807, 2.05) is 0 Å². The number of carbonyl (C=O) groups is 1. The van der Waals surface area contributed by atoms with Crippen molar-refractivity contribution in [2.24, 2.45) is 5.92 Å². The summed E-state index contributed by atoms with van der Waals surface area (Å²) < 4.78 is 62.4. The summed E-state index contributed by atoms with van der Waals surface area (Å²) >= 11 is 0. The summed E-state index contributed by atoms with van der Waals surface area (Å²) in [5.41, 5.74) is 0.800. The van der Waals surface area contributed by atoms with Gasteiger partial charge in [0.2, 0.25) is 21.7 Å². The lowest BCUT2D eigenvalue weighted by molar-refractivity contribution is -0.135. The number of amides is 1. The van der Waals surface area contributed by atoms with E-state index in [0.717, 1.165) is 17.7 Å². The van der Waals surface area contributed by atoms with Crippen molar-refractivity contribution in [1.82, 2.24) is 9.21 Å². The van der Waals surface area contributed by atoms with Gasteiger partial charge in [-0.2, -0.15) is 4.31 Å². The fourth-order valence-electron chi connectivity index (χ4n) is 4.22. The Kier molecular flexibility index (Phi) is 8.44. The van der Waals surface area contributed by atoms with Crippen molar-refractivity contribution >= 4 is 15.9 Å². The molecule has 0 aliphatic carbocycles. The number of rotatable bonds is 9. The first-order valence-electron chi connectivity index (χ1n) is 11.0. The number of carbonyl (C=O) groups excluding carboxylic acids is 1. The molecule has 0 spiro atoms. The molecule has 2 aromatic rings. The fraction of sp³-hybridized carbons (Fsp3) is 0.458. The molecule has 1 fully saturated rings. The van der Waals surface area contributed by atoms with Gasteiger partial charge in [0, 0.05) is 32.6 Å². The molecule has 0 N–H and O–H groups in total.